The Morgan fingerprint density at radius 1 is 1.50 bits per heavy atom. The molecule has 0 atom stereocenters. The first-order valence-corrected chi connectivity index (χ1v) is 5.51. The van der Waals surface area contributed by atoms with Gasteiger partial charge < -0.3 is 5.73 Å². The van der Waals surface area contributed by atoms with E-state index in [9.17, 15) is 4.79 Å². The molecule has 0 aromatic carbocycles. The summed E-state index contributed by atoms with van der Waals surface area (Å²) in [6, 6.07) is 0. The first kappa shape index (κ1) is 10.7. The number of rotatable bonds is 3. The van der Waals surface area contributed by atoms with Crippen LogP contribution in [0.1, 0.15) is 27.2 Å². The first-order chi connectivity index (χ1) is 7.68. The zero-order chi connectivity index (χ0) is 11.5. The third kappa shape index (κ3) is 2.06. The van der Waals surface area contributed by atoms with E-state index >= 15 is 0 Å². The van der Waals surface area contributed by atoms with Crippen molar-refractivity contribution in [3.8, 4) is 0 Å². The van der Waals surface area contributed by atoms with E-state index in [2.05, 4.69) is 14.6 Å². The van der Waals surface area contributed by atoms with Crippen molar-refractivity contribution in [1.29, 1.82) is 0 Å². The van der Waals surface area contributed by atoms with Crippen molar-refractivity contribution in [3.05, 3.63) is 40.2 Å². The van der Waals surface area contributed by atoms with E-state index in [1.165, 1.54) is 11.5 Å². The second kappa shape index (κ2) is 4.36. The molecule has 0 unspecified atom stereocenters. The lowest BCUT2D eigenvalue weighted by atomic mass is 10.0. The topological polar surface area (TPSA) is 81.8 Å². The van der Waals surface area contributed by atoms with Crippen LogP contribution in [0.15, 0.2) is 17.8 Å². The van der Waals surface area contributed by atoms with Gasteiger partial charge in [0.25, 0.3) is 5.91 Å². The molecule has 0 aliphatic carbocycles. The Morgan fingerprint density at radius 3 is 2.94 bits per heavy atom. The lowest BCUT2D eigenvalue weighted by Crippen LogP contribution is -2.17. The van der Waals surface area contributed by atoms with E-state index in [-0.39, 0.29) is 5.69 Å². The molecule has 0 aliphatic heterocycles. The van der Waals surface area contributed by atoms with Crippen molar-refractivity contribution in [2.75, 3.05) is 0 Å². The molecule has 6 heteroatoms. The maximum Gasteiger partial charge on any atom is 0.269 e. The number of carbonyl (C=O) groups is 1. The summed E-state index contributed by atoms with van der Waals surface area (Å²) < 4.78 is 4.01. The molecule has 1 amide bonds. The molecule has 0 saturated carbocycles. The van der Waals surface area contributed by atoms with Crippen LogP contribution in [0.2, 0.25) is 0 Å². The smallest absolute Gasteiger partial charge is 0.269 e. The van der Waals surface area contributed by atoms with Gasteiger partial charge in [-0.05, 0) is 35.1 Å². The van der Waals surface area contributed by atoms with Crippen molar-refractivity contribution in [3.63, 3.8) is 0 Å². The predicted molar refractivity (Wildman–Crippen MR) is 60.2 cm³/mol. The molecule has 5 nitrogen and oxygen atoms in total. The number of hydrogen-bond acceptors (Lipinski definition) is 5. The molecule has 0 saturated heterocycles. The summed E-state index contributed by atoms with van der Waals surface area (Å²) in [5.74, 6) is -0.547. The van der Waals surface area contributed by atoms with Gasteiger partial charge in [0, 0.05) is 18.0 Å². The summed E-state index contributed by atoms with van der Waals surface area (Å²) >= 11 is 1.38. The molecule has 2 aromatic rings. The number of nitrogens with two attached hydrogens (primary N) is 1. The largest absolute Gasteiger partial charge is 0.364 e. The maximum absolute atomic E-state index is 11.2. The monoisotopic (exact) mass is 234 g/mol. The quantitative estimate of drug-likeness (QED) is 0.856. The Morgan fingerprint density at radius 2 is 2.31 bits per heavy atom. The average molecular weight is 234 g/mol. The lowest BCUT2D eigenvalue weighted by molar-refractivity contribution is 0.0993. The van der Waals surface area contributed by atoms with Gasteiger partial charge in [-0.1, -0.05) is 0 Å². The summed E-state index contributed by atoms with van der Waals surface area (Å²) in [6.45, 7) is 1.89. The minimum Gasteiger partial charge on any atom is -0.364 e. The van der Waals surface area contributed by atoms with Crippen LogP contribution in [-0.4, -0.2) is 20.5 Å². The van der Waals surface area contributed by atoms with Crippen LogP contribution in [0.5, 0.6) is 0 Å². The van der Waals surface area contributed by atoms with Gasteiger partial charge in [-0.15, -0.1) is 5.10 Å². The molecule has 2 N–H and O–H groups in total. The minimum atomic E-state index is -0.547. The number of aryl methyl sites for hydroxylation is 1. The van der Waals surface area contributed by atoms with Crippen molar-refractivity contribution in [2.24, 2.45) is 5.73 Å². The van der Waals surface area contributed by atoms with E-state index in [1.807, 2.05) is 12.3 Å². The molecule has 2 rings (SSSR count). The lowest BCUT2D eigenvalue weighted by Gasteiger charge is -2.06. The molecular formula is C10H10N4OS. The first-order valence-electron chi connectivity index (χ1n) is 4.67. The zero-order valence-electron chi connectivity index (χ0n) is 8.67. The molecule has 0 aliphatic rings. The molecule has 0 fully saturated rings. The van der Waals surface area contributed by atoms with Crippen molar-refractivity contribution < 1.29 is 4.79 Å². The molecule has 0 radical (unpaired) electrons. The van der Waals surface area contributed by atoms with E-state index in [0.29, 0.717) is 6.42 Å². The van der Waals surface area contributed by atoms with Crippen LogP contribution in [0, 0.1) is 6.92 Å². The van der Waals surface area contributed by atoms with Gasteiger partial charge >= 0.3 is 0 Å². The fraction of sp³-hybridized carbons (Fsp3) is 0.200. The van der Waals surface area contributed by atoms with E-state index < -0.39 is 5.91 Å². The molecule has 0 bridgehead atoms. The highest BCUT2D eigenvalue weighted by atomic mass is 32.1. The SMILES string of the molecule is Cc1cnnc(C(N)=O)c1Cc1cnsc1. The number of aromatic nitrogens is 3. The summed E-state index contributed by atoms with van der Waals surface area (Å²) in [7, 11) is 0. The second-order valence-electron chi connectivity index (χ2n) is 3.43. The highest BCUT2D eigenvalue weighted by Crippen LogP contribution is 2.16. The van der Waals surface area contributed by atoms with Gasteiger partial charge in [-0.3, -0.25) is 4.79 Å². The normalized spacial score (nSPS) is 10.3. The Balaban J connectivity index is 2.42. The van der Waals surface area contributed by atoms with Gasteiger partial charge in [0.15, 0.2) is 5.69 Å². The van der Waals surface area contributed by atoms with Crippen LogP contribution >= 0.6 is 11.5 Å². The molecular weight excluding hydrogens is 224 g/mol. The highest BCUT2D eigenvalue weighted by molar-refractivity contribution is 7.03. The fourth-order valence-electron chi connectivity index (χ4n) is 1.44. The van der Waals surface area contributed by atoms with E-state index in [0.717, 1.165) is 16.7 Å². The molecule has 2 heterocycles. The number of amides is 1. The molecule has 82 valence electrons. The van der Waals surface area contributed by atoms with Gasteiger partial charge in [0.05, 0.1) is 6.20 Å². The average Bonchev–Trinajstić information content (AvgIpc) is 2.73. The van der Waals surface area contributed by atoms with Crippen LogP contribution in [0.25, 0.3) is 0 Å². The molecule has 16 heavy (non-hydrogen) atoms. The van der Waals surface area contributed by atoms with Crippen molar-refractivity contribution in [1.82, 2.24) is 14.6 Å². The van der Waals surface area contributed by atoms with Crippen LogP contribution in [-0.2, 0) is 6.42 Å². The number of carbonyl (C=O) groups excluding carboxylic acids is 1. The summed E-state index contributed by atoms with van der Waals surface area (Å²) in [5.41, 5.74) is 8.28. The van der Waals surface area contributed by atoms with Gasteiger partial charge in [0.2, 0.25) is 0 Å². The minimum absolute atomic E-state index is 0.242. The fourth-order valence-corrected chi connectivity index (χ4v) is 1.97. The third-order valence-corrected chi connectivity index (χ3v) is 2.90. The maximum atomic E-state index is 11.2. The Hall–Kier alpha value is -1.82. The molecule has 2 aromatic heterocycles. The second-order valence-corrected chi connectivity index (χ2v) is 4.09. The molecule has 0 spiro atoms. The third-order valence-electron chi connectivity index (χ3n) is 2.27. The van der Waals surface area contributed by atoms with Gasteiger partial charge in [-0.2, -0.15) is 5.10 Å². The highest BCUT2D eigenvalue weighted by Gasteiger charge is 2.13. The van der Waals surface area contributed by atoms with Crippen LogP contribution in [0.4, 0.5) is 0 Å². The van der Waals surface area contributed by atoms with Crippen LogP contribution in [0.3, 0.4) is 0 Å². The predicted octanol–water partition coefficient (Wildman–Crippen LogP) is 0.931. The van der Waals surface area contributed by atoms with E-state index in [1.54, 1.807) is 12.4 Å². The van der Waals surface area contributed by atoms with Crippen molar-refractivity contribution in [2.45, 2.75) is 13.3 Å². The number of nitrogens with zero attached hydrogens (tertiary/aromatic N) is 3. The number of hydrogen-bond donors (Lipinski definition) is 1. The Bertz CT molecular complexity index is 510. The standard InChI is InChI=1S/C10H10N4OS/c1-6-3-12-14-9(10(11)15)8(6)2-7-4-13-16-5-7/h3-5H,2H2,1H3,(H2,11,15). The van der Waals surface area contributed by atoms with Crippen molar-refractivity contribution >= 4 is 17.4 Å². The summed E-state index contributed by atoms with van der Waals surface area (Å²) in [6.07, 6.45) is 4.01. The van der Waals surface area contributed by atoms with Gasteiger partial charge in [-0.25, -0.2) is 4.37 Å². The summed E-state index contributed by atoms with van der Waals surface area (Å²) in [5, 5.41) is 9.44. The zero-order valence-corrected chi connectivity index (χ0v) is 9.49. The Labute approximate surface area is 96.5 Å². The van der Waals surface area contributed by atoms with E-state index in [4.69, 9.17) is 5.73 Å². The van der Waals surface area contributed by atoms with Gasteiger partial charge in [0.1, 0.15) is 0 Å². The number of primary amides is 1. The summed E-state index contributed by atoms with van der Waals surface area (Å²) in [4.78, 5) is 11.2. The van der Waals surface area contributed by atoms with Crippen LogP contribution < -0.4 is 5.73 Å². The Kier molecular flexibility index (Phi) is 2.91.